The molecule has 1 aliphatic carbocycles. The van der Waals surface area contributed by atoms with E-state index >= 15 is 0 Å². The first-order chi connectivity index (χ1) is 9.61. The third-order valence-electron chi connectivity index (χ3n) is 3.98. The molecule has 3 nitrogen and oxygen atoms in total. The Bertz CT molecular complexity index is 490. The molecule has 0 atom stereocenters. The number of rotatable bonds is 3. The van der Waals surface area contributed by atoms with E-state index in [-0.39, 0.29) is 5.91 Å². The highest BCUT2D eigenvalue weighted by Crippen LogP contribution is 2.30. The van der Waals surface area contributed by atoms with Crippen LogP contribution < -0.4 is 0 Å². The molecule has 2 aliphatic rings. The zero-order valence-electron chi connectivity index (χ0n) is 11.3. The van der Waals surface area contributed by atoms with Gasteiger partial charge in [-0.05, 0) is 37.0 Å². The second-order valence-corrected chi connectivity index (χ2v) is 7.05. The predicted molar refractivity (Wildman–Crippen MR) is 84.2 cm³/mol. The van der Waals surface area contributed by atoms with E-state index in [1.165, 1.54) is 19.4 Å². The van der Waals surface area contributed by atoms with Crippen molar-refractivity contribution in [2.24, 2.45) is 5.92 Å². The van der Waals surface area contributed by atoms with Gasteiger partial charge in [0, 0.05) is 47.8 Å². The fraction of sp³-hybridized carbons (Fsp3) is 0.533. The van der Waals surface area contributed by atoms with Crippen LogP contribution in [0.15, 0.2) is 22.7 Å². The van der Waals surface area contributed by atoms with Gasteiger partial charge in [0.15, 0.2) is 0 Å². The van der Waals surface area contributed by atoms with E-state index in [0.717, 1.165) is 36.6 Å². The van der Waals surface area contributed by atoms with Gasteiger partial charge in [0.1, 0.15) is 0 Å². The van der Waals surface area contributed by atoms with Crippen LogP contribution in [0.4, 0.5) is 0 Å². The monoisotopic (exact) mass is 356 g/mol. The number of piperazine rings is 1. The van der Waals surface area contributed by atoms with Gasteiger partial charge in [-0.2, -0.15) is 0 Å². The Labute approximate surface area is 133 Å². The molecule has 5 heteroatoms. The van der Waals surface area contributed by atoms with Crippen LogP contribution in [-0.2, 0) is 0 Å². The van der Waals surface area contributed by atoms with Crippen molar-refractivity contribution in [2.75, 3.05) is 32.7 Å². The Balaban J connectivity index is 1.60. The van der Waals surface area contributed by atoms with Crippen molar-refractivity contribution in [2.45, 2.75) is 12.8 Å². The van der Waals surface area contributed by atoms with E-state index in [2.05, 4.69) is 20.8 Å². The predicted octanol–water partition coefficient (Wildman–Crippen LogP) is 3.27. The maximum absolute atomic E-state index is 12.5. The van der Waals surface area contributed by atoms with Gasteiger partial charge in [-0.3, -0.25) is 9.69 Å². The molecule has 0 N–H and O–H groups in total. The van der Waals surface area contributed by atoms with Gasteiger partial charge in [0.2, 0.25) is 0 Å². The summed E-state index contributed by atoms with van der Waals surface area (Å²) >= 11 is 9.40. The third kappa shape index (κ3) is 3.54. The summed E-state index contributed by atoms with van der Waals surface area (Å²) in [6.07, 6.45) is 2.77. The molecule has 20 heavy (non-hydrogen) atoms. The van der Waals surface area contributed by atoms with Crippen LogP contribution in [0, 0.1) is 5.92 Å². The first-order valence-corrected chi connectivity index (χ1v) is 8.26. The van der Waals surface area contributed by atoms with Crippen molar-refractivity contribution in [3.8, 4) is 0 Å². The van der Waals surface area contributed by atoms with E-state index in [1.807, 2.05) is 11.0 Å². The van der Waals surface area contributed by atoms with Crippen LogP contribution >= 0.6 is 27.5 Å². The zero-order chi connectivity index (χ0) is 14.1. The first-order valence-electron chi connectivity index (χ1n) is 7.09. The molecule has 0 aromatic heterocycles. The molecule has 3 rings (SSSR count). The highest BCUT2D eigenvalue weighted by atomic mass is 79.9. The molecule has 2 fully saturated rings. The highest BCUT2D eigenvalue weighted by Gasteiger charge is 2.28. The number of hydrogen-bond acceptors (Lipinski definition) is 2. The minimum absolute atomic E-state index is 0.0827. The van der Waals surface area contributed by atoms with Crippen LogP contribution in [0.3, 0.4) is 0 Å². The van der Waals surface area contributed by atoms with Crippen LogP contribution in [0.2, 0.25) is 5.02 Å². The first kappa shape index (κ1) is 14.4. The number of carbonyl (C=O) groups is 1. The topological polar surface area (TPSA) is 23.6 Å². The van der Waals surface area contributed by atoms with Crippen LogP contribution in [0.25, 0.3) is 0 Å². The van der Waals surface area contributed by atoms with Gasteiger partial charge >= 0.3 is 0 Å². The van der Waals surface area contributed by atoms with Crippen molar-refractivity contribution in [1.29, 1.82) is 0 Å². The number of hydrogen-bond donors (Lipinski definition) is 0. The lowest BCUT2D eigenvalue weighted by atomic mass is 10.2. The summed E-state index contributed by atoms with van der Waals surface area (Å²) in [5.41, 5.74) is 0.667. The number of carbonyl (C=O) groups excluding carboxylic acids is 1. The molecule has 0 spiro atoms. The maximum Gasteiger partial charge on any atom is 0.254 e. The number of amides is 1. The lowest BCUT2D eigenvalue weighted by molar-refractivity contribution is 0.0632. The molecule has 1 saturated heterocycles. The lowest BCUT2D eigenvalue weighted by Crippen LogP contribution is -2.49. The van der Waals surface area contributed by atoms with Crippen molar-refractivity contribution in [3.63, 3.8) is 0 Å². The number of halogens is 2. The third-order valence-corrected chi connectivity index (χ3v) is 4.66. The number of benzene rings is 1. The standard InChI is InChI=1S/C15H18BrClN2O/c16-13-7-12(8-14(17)9-13)15(20)19-5-3-18(4-6-19)10-11-1-2-11/h7-9,11H,1-6,10H2. The average Bonchev–Trinajstić information content (AvgIpc) is 3.22. The van der Waals surface area contributed by atoms with Crippen LogP contribution in [0.5, 0.6) is 0 Å². The van der Waals surface area contributed by atoms with E-state index < -0.39 is 0 Å². The molecular formula is C15H18BrClN2O. The average molecular weight is 358 g/mol. The maximum atomic E-state index is 12.5. The SMILES string of the molecule is O=C(c1cc(Cl)cc(Br)c1)N1CCN(CC2CC2)CC1. The number of nitrogens with zero attached hydrogens (tertiary/aromatic N) is 2. The summed E-state index contributed by atoms with van der Waals surface area (Å²) in [5, 5.41) is 0.593. The van der Waals surface area contributed by atoms with Gasteiger partial charge in [0.05, 0.1) is 0 Å². The molecule has 0 unspecified atom stereocenters. The van der Waals surface area contributed by atoms with Gasteiger partial charge in [0.25, 0.3) is 5.91 Å². The Kier molecular flexibility index (Phi) is 4.34. The minimum Gasteiger partial charge on any atom is -0.336 e. The van der Waals surface area contributed by atoms with E-state index in [0.29, 0.717) is 10.6 Å². The van der Waals surface area contributed by atoms with Gasteiger partial charge in [-0.1, -0.05) is 27.5 Å². The molecule has 1 aromatic rings. The summed E-state index contributed by atoms with van der Waals surface area (Å²) in [6, 6.07) is 5.38. The summed E-state index contributed by atoms with van der Waals surface area (Å²) in [4.78, 5) is 16.9. The zero-order valence-corrected chi connectivity index (χ0v) is 13.7. The van der Waals surface area contributed by atoms with Crippen molar-refractivity contribution in [3.05, 3.63) is 33.3 Å². The largest absolute Gasteiger partial charge is 0.336 e. The molecule has 1 aromatic carbocycles. The summed E-state index contributed by atoms with van der Waals surface area (Å²) in [6.45, 7) is 4.82. The molecule has 1 aliphatic heterocycles. The summed E-state index contributed by atoms with van der Waals surface area (Å²) in [5.74, 6) is 1.00. The molecule has 108 valence electrons. The fourth-order valence-corrected chi connectivity index (χ4v) is 3.52. The van der Waals surface area contributed by atoms with E-state index in [4.69, 9.17) is 11.6 Å². The highest BCUT2D eigenvalue weighted by molar-refractivity contribution is 9.10. The van der Waals surface area contributed by atoms with E-state index in [1.54, 1.807) is 12.1 Å². The van der Waals surface area contributed by atoms with Crippen molar-refractivity contribution in [1.82, 2.24) is 9.80 Å². The normalized spacial score (nSPS) is 20.2. The molecule has 1 heterocycles. The molecule has 1 amide bonds. The van der Waals surface area contributed by atoms with E-state index in [9.17, 15) is 4.79 Å². The summed E-state index contributed by atoms with van der Waals surface area (Å²) in [7, 11) is 0. The molecular weight excluding hydrogens is 340 g/mol. The Morgan fingerprint density at radius 3 is 2.50 bits per heavy atom. The smallest absolute Gasteiger partial charge is 0.254 e. The minimum atomic E-state index is 0.0827. The van der Waals surface area contributed by atoms with Crippen molar-refractivity contribution >= 4 is 33.4 Å². The fourth-order valence-electron chi connectivity index (χ4n) is 2.66. The molecule has 0 radical (unpaired) electrons. The van der Waals surface area contributed by atoms with Crippen molar-refractivity contribution < 1.29 is 4.79 Å². The second-order valence-electron chi connectivity index (χ2n) is 5.69. The van der Waals surface area contributed by atoms with Crippen LogP contribution in [-0.4, -0.2) is 48.4 Å². The Morgan fingerprint density at radius 2 is 1.90 bits per heavy atom. The van der Waals surface area contributed by atoms with Crippen LogP contribution in [0.1, 0.15) is 23.2 Å². The van der Waals surface area contributed by atoms with Gasteiger partial charge in [-0.25, -0.2) is 0 Å². The summed E-state index contributed by atoms with van der Waals surface area (Å²) < 4.78 is 0.848. The second kappa shape index (κ2) is 6.04. The Morgan fingerprint density at radius 1 is 1.20 bits per heavy atom. The lowest BCUT2D eigenvalue weighted by Gasteiger charge is -2.34. The van der Waals surface area contributed by atoms with Gasteiger partial charge < -0.3 is 4.90 Å². The Hall–Kier alpha value is -0.580. The molecule has 1 saturated carbocycles. The quantitative estimate of drug-likeness (QED) is 0.829. The molecule has 0 bridgehead atoms. The van der Waals surface area contributed by atoms with Gasteiger partial charge in [-0.15, -0.1) is 0 Å².